The predicted molar refractivity (Wildman–Crippen MR) is 250 cm³/mol. The van der Waals surface area contributed by atoms with Crippen LogP contribution in [0, 0.1) is 0 Å². The average Bonchev–Trinajstić information content (AvgIpc) is 4.00. The molecule has 2 amide bonds. The van der Waals surface area contributed by atoms with Crippen LogP contribution in [0.2, 0.25) is 0 Å². The fourth-order valence-electron chi connectivity index (χ4n) is 8.35. The maximum Gasteiger partial charge on any atom is 0.271 e. The number of pyridine rings is 2. The molecule has 2 N–H and O–H groups in total. The van der Waals surface area contributed by atoms with Gasteiger partial charge in [0, 0.05) is 107 Å². The zero-order chi connectivity index (χ0) is 43.5. The number of hydrogen-bond donors (Lipinski definition) is 2. The number of benzene rings is 2. The summed E-state index contributed by atoms with van der Waals surface area (Å²) in [6.45, 7) is 11.4. The third kappa shape index (κ3) is 10.4. The molecule has 2 aromatic carbocycles. The molecule has 64 heavy (non-hydrogen) atoms. The molecule has 0 atom stereocenters. The number of anilines is 2. The molecule has 328 valence electrons. The number of aromatic nitrogens is 8. The number of para-hydroxylation sites is 2. The zero-order valence-corrected chi connectivity index (χ0v) is 36.0. The lowest BCUT2D eigenvalue weighted by Gasteiger charge is -2.35. The smallest absolute Gasteiger partial charge is 0.271 e. The Balaban J connectivity index is 0.000000162. The largest absolute Gasteiger partial charge is 0.354 e. The summed E-state index contributed by atoms with van der Waals surface area (Å²) in [5, 5.41) is 8.25. The molecular formula is C48H54N14O2. The number of carbonyl (C=O) groups excluding carboxylic acids is 2. The van der Waals surface area contributed by atoms with Crippen molar-refractivity contribution >= 4 is 56.7 Å². The normalized spacial score (nSPS) is 14.8. The molecule has 2 aliphatic rings. The molecule has 2 saturated heterocycles. The number of nitrogens with zero attached hydrogens (tertiary/aromatic N) is 12. The highest BCUT2D eigenvalue weighted by Gasteiger charge is 2.21. The molecule has 0 saturated carbocycles. The van der Waals surface area contributed by atoms with Crippen molar-refractivity contribution in [3.8, 4) is 0 Å². The van der Waals surface area contributed by atoms with Crippen LogP contribution in [0.25, 0.3) is 33.2 Å². The molecular weight excluding hydrogens is 805 g/mol. The van der Waals surface area contributed by atoms with E-state index in [2.05, 4.69) is 85.5 Å². The summed E-state index contributed by atoms with van der Waals surface area (Å²) in [6, 6.07) is 28.3. The van der Waals surface area contributed by atoms with E-state index in [4.69, 9.17) is 4.98 Å². The van der Waals surface area contributed by atoms with Gasteiger partial charge in [0.2, 0.25) is 5.78 Å². The van der Waals surface area contributed by atoms with E-state index in [0.29, 0.717) is 30.3 Å². The Morgan fingerprint density at radius 1 is 0.547 bits per heavy atom. The van der Waals surface area contributed by atoms with Crippen LogP contribution in [0.1, 0.15) is 46.7 Å². The lowest BCUT2D eigenvalue weighted by molar-refractivity contribution is 0.0940. The number of nitrogens with one attached hydrogen (secondary N) is 2. The Labute approximate surface area is 372 Å². The van der Waals surface area contributed by atoms with E-state index in [1.54, 1.807) is 29.3 Å². The Morgan fingerprint density at radius 2 is 1.19 bits per heavy atom. The van der Waals surface area contributed by atoms with E-state index in [-0.39, 0.29) is 11.8 Å². The fraction of sp³-hybridized carbons (Fsp3) is 0.333. The highest BCUT2D eigenvalue weighted by atomic mass is 16.2. The van der Waals surface area contributed by atoms with Crippen molar-refractivity contribution in [1.29, 1.82) is 0 Å². The highest BCUT2D eigenvalue weighted by Crippen LogP contribution is 2.24. The third-order valence-corrected chi connectivity index (χ3v) is 11.9. The second-order valence-electron chi connectivity index (χ2n) is 16.2. The summed E-state index contributed by atoms with van der Waals surface area (Å²) in [5.41, 5.74) is 3.69. The van der Waals surface area contributed by atoms with Crippen LogP contribution in [-0.2, 0) is 0 Å². The first kappa shape index (κ1) is 42.3. The first-order valence-corrected chi connectivity index (χ1v) is 22.3. The number of piperazine rings is 2. The van der Waals surface area contributed by atoms with E-state index in [0.717, 1.165) is 125 Å². The summed E-state index contributed by atoms with van der Waals surface area (Å²) < 4.78 is 3.61. The van der Waals surface area contributed by atoms with Crippen molar-refractivity contribution in [2.24, 2.45) is 0 Å². The predicted octanol–water partition coefficient (Wildman–Crippen LogP) is 5.22. The molecule has 0 aliphatic carbocycles. The summed E-state index contributed by atoms with van der Waals surface area (Å²) in [5.74, 6) is 2.38. The van der Waals surface area contributed by atoms with Crippen molar-refractivity contribution in [3.63, 3.8) is 0 Å². The third-order valence-electron chi connectivity index (χ3n) is 11.9. The highest BCUT2D eigenvalue weighted by molar-refractivity contribution is 5.93. The van der Waals surface area contributed by atoms with Gasteiger partial charge in [-0.25, -0.2) is 29.9 Å². The Bertz CT molecular complexity index is 2730. The summed E-state index contributed by atoms with van der Waals surface area (Å²) in [6.07, 6.45) is 14.6. The summed E-state index contributed by atoms with van der Waals surface area (Å²) in [7, 11) is 0. The molecule has 0 radical (unpaired) electrons. The number of carbonyl (C=O) groups is 2. The molecule has 10 rings (SSSR count). The molecule has 0 unspecified atom stereocenters. The number of amides is 2. The van der Waals surface area contributed by atoms with E-state index in [9.17, 15) is 9.59 Å². The summed E-state index contributed by atoms with van der Waals surface area (Å²) >= 11 is 0. The van der Waals surface area contributed by atoms with Gasteiger partial charge >= 0.3 is 0 Å². The lowest BCUT2D eigenvalue weighted by Crippen LogP contribution is -2.47. The van der Waals surface area contributed by atoms with Crippen LogP contribution >= 0.6 is 0 Å². The molecule has 16 nitrogen and oxygen atoms in total. The van der Waals surface area contributed by atoms with Crippen molar-refractivity contribution in [2.45, 2.75) is 25.7 Å². The van der Waals surface area contributed by atoms with Gasteiger partial charge in [-0.3, -0.25) is 23.8 Å². The first-order valence-electron chi connectivity index (χ1n) is 22.3. The van der Waals surface area contributed by atoms with Gasteiger partial charge in [-0.05, 0) is 87.3 Å². The Kier molecular flexibility index (Phi) is 13.5. The number of fused-ring (bicyclic) bond motifs is 4. The van der Waals surface area contributed by atoms with E-state index in [1.807, 2.05) is 71.4 Å². The van der Waals surface area contributed by atoms with Crippen LogP contribution < -0.4 is 20.4 Å². The van der Waals surface area contributed by atoms with E-state index >= 15 is 0 Å². The van der Waals surface area contributed by atoms with Crippen LogP contribution in [0.15, 0.2) is 122 Å². The van der Waals surface area contributed by atoms with Gasteiger partial charge in [0.05, 0.1) is 11.0 Å². The second kappa shape index (κ2) is 20.4. The molecule has 8 aromatic rings. The number of unbranched alkanes of at least 4 members (excludes halogenated alkanes) is 2. The van der Waals surface area contributed by atoms with Crippen molar-refractivity contribution < 1.29 is 9.59 Å². The maximum atomic E-state index is 12.3. The minimum Gasteiger partial charge on any atom is -0.354 e. The van der Waals surface area contributed by atoms with Gasteiger partial charge in [-0.15, -0.1) is 0 Å². The van der Waals surface area contributed by atoms with Crippen molar-refractivity contribution in [3.05, 3.63) is 134 Å². The van der Waals surface area contributed by atoms with Crippen LogP contribution in [0.3, 0.4) is 0 Å². The minimum absolute atomic E-state index is 0.112. The van der Waals surface area contributed by atoms with Crippen LogP contribution in [-0.4, -0.2) is 139 Å². The van der Waals surface area contributed by atoms with Crippen molar-refractivity contribution in [1.82, 2.24) is 59.1 Å². The summed E-state index contributed by atoms with van der Waals surface area (Å²) in [4.78, 5) is 60.8. The maximum absolute atomic E-state index is 12.3. The lowest BCUT2D eigenvalue weighted by atomic mass is 10.2. The molecule has 2 aliphatic heterocycles. The fourth-order valence-corrected chi connectivity index (χ4v) is 8.35. The molecule has 6 aromatic heterocycles. The van der Waals surface area contributed by atoms with Crippen LogP contribution in [0.5, 0.6) is 0 Å². The number of hydrogen-bond acceptors (Lipinski definition) is 12. The van der Waals surface area contributed by atoms with Crippen molar-refractivity contribution in [2.75, 3.05) is 88.3 Å². The second-order valence-corrected chi connectivity index (χ2v) is 16.2. The topological polar surface area (TPSA) is 157 Å². The van der Waals surface area contributed by atoms with Gasteiger partial charge in [0.25, 0.3) is 11.8 Å². The van der Waals surface area contributed by atoms with Gasteiger partial charge in [-0.1, -0.05) is 36.4 Å². The minimum atomic E-state index is -0.146. The van der Waals surface area contributed by atoms with Crippen LogP contribution in [0.4, 0.5) is 11.6 Å². The first-order chi connectivity index (χ1) is 31.5. The molecule has 16 heteroatoms. The SMILES string of the molecule is O=C(NCCCCN1CCN(c2ccc3ccccc3n2)CC1)c1cn2cccnc2n1.O=C(NCCCCN1CCN(c2ncnc3ccccc23)CC1)c1cn2ccccc2n1. The average molecular weight is 859 g/mol. The molecule has 0 spiro atoms. The Hall–Kier alpha value is -7.04. The molecule has 2 fully saturated rings. The van der Waals surface area contributed by atoms with Gasteiger partial charge in [0.15, 0.2) is 0 Å². The monoisotopic (exact) mass is 858 g/mol. The van der Waals surface area contributed by atoms with Gasteiger partial charge in [0.1, 0.15) is 35.0 Å². The standard InChI is InChI=1S/2C24H27N7O/c32-24(21-17-31-12-5-3-9-22(31)28-21)25-10-4-6-11-29-13-15-30(16-14-29)23-19-7-1-2-8-20(19)26-18-27-23;32-23(21-18-31-13-5-11-26-24(31)28-21)25-10-3-4-12-29-14-16-30(17-15-29)22-9-8-19-6-1-2-7-20(19)27-22/h1-3,5,7-9,12,17-18H,4,6,10-11,13-16H2,(H,25,32);1-2,5-9,11,13,18H,3-4,10,12,14-17H2,(H,25,32). The molecule has 8 heterocycles. The Morgan fingerprint density at radius 3 is 1.92 bits per heavy atom. The number of imidazole rings is 2. The zero-order valence-electron chi connectivity index (χ0n) is 36.0. The van der Waals surface area contributed by atoms with Gasteiger partial charge in [-0.2, -0.15) is 0 Å². The van der Waals surface area contributed by atoms with E-state index < -0.39 is 0 Å². The molecule has 0 bridgehead atoms. The quantitative estimate of drug-likeness (QED) is 0.138. The number of rotatable bonds is 14. The van der Waals surface area contributed by atoms with Gasteiger partial charge < -0.3 is 24.8 Å². The van der Waals surface area contributed by atoms with E-state index in [1.165, 1.54) is 5.39 Å².